The minimum absolute atomic E-state index is 0.0467. The number of nitriles is 1. The molecule has 3 rings (SSSR count). The Bertz CT molecular complexity index is 797. The Labute approximate surface area is 125 Å². The second kappa shape index (κ2) is 5.39. The highest BCUT2D eigenvalue weighted by molar-refractivity contribution is 7.21. The Hall–Kier alpha value is -1.64. The van der Waals surface area contributed by atoms with Crippen LogP contribution in [0, 0.1) is 18.3 Å². The minimum Gasteiger partial charge on any atom is -0.489 e. The van der Waals surface area contributed by atoms with E-state index in [1.165, 1.54) is 4.70 Å². The molecule has 0 aliphatic carbocycles. The fourth-order valence-corrected chi connectivity index (χ4v) is 4.07. The van der Waals surface area contributed by atoms with Crippen LogP contribution in [0.4, 0.5) is 0 Å². The maximum atomic E-state index is 8.86. The Balaban J connectivity index is 2.13. The largest absolute Gasteiger partial charge is 0.489 e. The van der Waals surface area contributed by atoms with Crippen LogP contribution in [0.1, 0.15) is 24.8 Å². The van der Waals surface area contributed by atoms with Crippen LogP contribution in [-0.2, 0) is 0 Å². The standard InChI is InChI=1S/C15H14N2OS2/c1-3-10(4-6-16)18-12-8-13-14(17-9(2)20-13)15-11(12)5-7-19-15/h5,7-8,10H,3-4H2,1-2H3. The smallest absolute Gasteiger partial charge is 0.130 e. The predicted molar refractivity (Wildman–Crippen MR) is 84.7 cm³/mol. The summed E-state index contributed by atoms with van der Waals surface area (Å²) in [5.74, 6) is 0.875. The van der Waals surface area contributed by atoms with E-state index in [-0.39, 0.29) is 6.10 Å². The molecule has 0 spiro atoms. The first-order valence-electron chi connectivity index (χ1n) is 6.54. The van der Waals surface area contributed by atoms with E-state index in [0.29, 0.717) is 6.42 Å². The fourth-order valence-electron chi connectivity index (χ4n) is 2.24. The molecule has 5 heteroatoms. The molecule has 0 fully saturated rings. The molecule has 1 aromatic carbocycles. The lowest BCUT2D eigenvalue weighted by Gasteiger charge is -2.15. The molecule has 2 heterocycles. The van der Waals surface area contributed by atoms with Crippen LogP contribution in [0.15, 0.2) is 17.5 Å². The first-order chi connectivity index (χ1) is 9.72. The van der Waals surface area contributed by atoms with E-state index in [4.69, 9.17) is 10.00 Å². The van der Waals surface area contributed by atoms with Crippen LogP contribution in [-0.4, -0.2) is 11.1 Å². The Kier molecular flexibility index (Phi) is 3.60. The average Bonchev–Trinajstić information content (AvgIpc) is 3.03. The van der Waals surface area contributed by atoms with Crippen molar-refractivity contribution in [3.8, 4) is 11.8 Å². The number of rotatable bonds is 4. The molecule has 0 saturated heterocycles. The summed E-state index contributed by atoms with van der Waals surface area (Å²) in [6.07, 6.45) is 1.20. The third-order valence-corrected chi connectivity index (χ3v) is 5.08. The summed E-state index contributed by atoms with van der Waals surface area (Å²) in [6.45, 7) is 4.07. The summed E-state index contributed by atoms with van der Waals surface area (Å²) in [6, 6.07) is 6.33. The number of fused-ring (bicyclic) bond motifs is 3. The molecule has 0 amide bonds. The Morgan fingerprint density at radius 3 is 3.10 bits per heavy atom. The predicted octanol–water partition coefficient (Wildman–Crippen LogP) is 4.89. The highest BCUT2D eigenvalue weighted by Crippen LogP contribution is 2.39. The van der Waals surface area contributed by atoms with Crippen LogP contribution in [0.25, 0.3) is 20.3 Å². The van der Waals surface area contributed by atoms with Gasteiger partial charge in [-0.3, -0.25) is 0 Å². The molecule has 0 aliphatic heterocycles. The molecular formula is C15H14N2OS2. The quantitative estimate of drug-likeness (QED) is 0.689. The van der Waals surface area contributed by atoms with Crippen molar-refractivity contribution in [1.29, 1.82) is 5.26 Å². The van der Waals surface area contributed by atoms with Gasteiger partial charge < -0.3 is 4.74 Å². The summed E-state index contributed by atoms with van der Waals surface area (Å²) in [5.41, 5.74) is 1.07. The van der Waals surface area contributed by atoms with Gasteiger partial charge in [0.2, 0.25) is 0 Å². The first-order valence-corrected chi connectivity index (χ1v) is 8.23. The maximum absolute atomic E-state index is 8.86. The van der Waals surface area contributed by atoms with Gasteiger partial charge >= 0.3 is 0 Å². The number of thiophene rings is 1. The van der Waals surface area contributed by atoms with Gasteiger partial charge in [0.05, 0.1) is 32.4 Å². The number of aryl methyl sites for hydroxylation is 1. The van der Waals surface area contributed by atoms with E-state index in [0.717, 1.165) is 32.8 Å². The zero-order valence-corrected chi connectivity index (χ0v) is 13.0. The number of benzene rings is 1. The Morgan fingerprint density at radius 1 is 1.50 bits per heavy atom. The van der Waals surface area contributed by atoms with Gasteiger partial charge in [-0.2, -0.15) is 5.26 Å². The van der Waals surface area contributed by atoms with Crippen LogP contribution >= 0.6 is 22.7 Å². The average molecular weight is 302 g/mol. The molecule has 3 nitrogen and oxygen atoms in total. The topological polar surface area (TPSA) is 45.9 Å². The van der Waals surface area contributed by atoms with E-state index in [1.807, 2.05) is 13.8 Å². The van der Waals surface area contributed by atoms with E-state index in [1.54, 1.807) is 22.7 Å². The molecular weight excluding hydrogens is 288 g/mol. The van der Waals surface area contributed by atoms with Crippen molar-refractivity contribution >= 4 is 43.0 Å². The van der Waals surface area contributed by atoms with Crippen LogP contribution in [0.3, 0.4) is 0 Å². The number of nitrogens with zero attached hydrogens (tertiary/aromatic N) is 2. The zero-order chi connectivity index (χ0) is 14.1. The summed E-state index contributed by atoms with van der Waals surface area (Å²) < 4.78 is 8.38. The summed E-state index contributed by atoms with van der Waals surface area (Å²) in [7, 11) is 0. The highest BCUT2D eigenvalue weighted by Gasteiger charge is 2.15. The summed E-state index contributed by atoms with van der Waals surface area (Å²) in [4.78, 5) is 4.61. The van der Waals surface area contributed by atoms with Crippen LogP contribution in [0.5, 0.6) is 5.75 Å². The number of hydrogen-bond donors (Lipinski definition) is 0. The van der Waals surface area contributed by atoms with E-state index in [2.05, 4.69) is 28.6 Å². The molecule has 0 bridgehead atoms. The van der Waals surface area contributed by atoms with Crippen LogP contribution in [0.2, 0.25) is 0 Å². The van der Waals surface area contributed by atoms with Gasteiger partial charge in [-0.25, -0.2) is 4.98 Å². The lowest BCUT2D eigenvalue weighted by atomic mass is 10.2. The van der Waals surface area contributed by atoms with Crippen molar-refractivity contribution in [2.24, 2.45) is 0 Å². The third-order valence-electron chi connectivity index (χ3n) is 3.24. The van der Waals surface area contributed by atoms with Gasteiger partial charge in [0.1, 0.15) is 11.9 Å². The molecule has 102 valence electrons. The van der Waals surface area contributed by atoms with Gasteiger partial charge in [-0.15, -0.1) is 22.7 Å². The molecule has 0 aliphatic rings. The van der Waals surface area contributed by atoms with Crippen molar-refractivity contribution < 1.29 is 4.74 Å². The number of hydrogen-bond acceptors (Lipinski definition) is 5. The monoisotopic (exact) mass is 302 g/mol. The van der Waals surface area contributed by atoms with Gasteiger partial charge in [-0.05, 0) is 24.8 Å². The maximum Gasteiger partial charge on any atom is 0.130 e. The first kappa shape index (κ1) is 13.3. The minimum atomic E-state index is -0.0467. The van der Waals surface area contributed by atoms with Crippen molar-refractivity contribution in [2.75, 3.05) is 0 Å². The molecule has 2 aromatic heterocycles. The number of ether oxygens (including phenoxy) is 1. The van der Waals surface area contributed by atoms with Crippen molar-refractivity contribution in [1.82, 2.24) is 4.98 Å². The molecule has 20 heavy (non-hydrogen) atoms. The molecule has 0 N–H and O–H groups in total. The van der Waals surface area contributed by atoms with Crippen LogP contribution < -0.4 is 4.74 Å². The van der Waals surface area contributed by atoms with Crippen molar-refractivity contribution in [3.05, 3.63) is 22.5 Å². The summed E-state index contributed by atoms with van der Waals surface area (Å²) >= 11 is 3.37. The zero-order valence-electron chi connectivity index (χ0n) is 11.3. The van der Waals surface area contributed by atoms with E-state index >= 15 is 0 Å². The number of aromatic nitrogens is 1. The van der Waals surface area contributed by atoms with Gasteiger partial charge in [0, 0.05) is 11.5 Å². The summed E-state index contributed by atoms with van der Waals surface area (Å²) in [5, 5.41) is 13.1. The van der Waals surface area contributed by atoms with Crippen molar-refractivity contribution in [3.63, 3.8) is 0 Å². The second-order valence-electron chi connectivity index (χ2n) is 4.63. The number of thiazole rings is 1. The molecule has 0 saturated carbocycles. The van der Waals surface area contributed by atoms with E-state index in [9.17, 15) is 0 Å². The lowest BCUT2D eigenvalue weighted by molar-refractivity contribution is 0.205. The highest BCUT2D eigenvalue weighted by atomic mass is 32.1. The van der Waals surface area contributed by atoms with Gasteiger partial charge in [0.15, 0.2) is 0 Å². The normalized spacial score (nSPS) is 12.7. The fraction of sp³-hybridized carbons (Fsp3) is 0.333. The SMILES string of the molecule is CCC(CC#N)Oc1cc2sc(C)nc2c2sccc12. The molecule has 0 radical (unpaired) electrons. The van der Waals surface area contributed by atoms with Gasteiger partial charge in [-0.1, -0.05) is 6.92 Å². The molecule has 1 atom stereocenters. The van der Waals surface area contributed by atoms with Gasteiger partial charge in [0.25, 0.3) is 0 Å². The second-order valence-corrected chi connectivity index (χ2v) is 6.78. The van der Waals surface area contributed by atoms with Crippen molar-refractivity contribution in [2.45, 2.75) is 32.8 Å². The molecule has 1 unspecified atom stereocenters. The van der Waals surface area contributed by atoms with E-state index < -0.39 is 0 Å². The molecule has 3 aromatic rings. The Morgan fingerprint density at radius 2 is 2.35 bits per heavy atom. The third kappa shape index (κ3) is 2.26. The lowest BCUT2D eigenvalue weighted by Crippen LogP contribution is -2.14.